The van der Waals surface area contributed by atoms with Gasteiger partial charge in [-0.3, -0.25) is 4.72 Å². The average Bonchev–Trinajstić information content (AvgIpc) is 2.50. The van der Waals surface area contributed by atoms with Gasteiger partial charge in [0.2, 0.25) is 0 Å². The van der Waals surface area contributed by atoms with Crippen molar-refractivity contribution in [3.63, 3.8) is 0 Å². The fraction of sp³-hybridized carbons (Fsp3) is 0.200. The summed E-state index contributed by atoms with van der Waals surface area (Å²) >= 11 is 6.05. The highest BCUT2D eigenvalue weighted by atomic mass is 35.5. The van der Waals surface area contributed by atoms with Crippen LogP contribution in [0.15, 0.2) is 47.4 Å². The maximum absolute atomic E-state index is 12.3. The molecule has 2 rings (SSSR count). The van der Waals surface area contributed by atoms with Crippen molar-refractivity contribution in [2.24, 2.45) is 0 Å². The van der Waals surface area contributed by atoms with Crippen molar-refractivity contribution in [2.45, 2.75) is 11.8 Å². The third kappa shape index (κ3) is 3.84. The number of halogens is 1. The molecule has 0 bridgehead atoms. The van der Waals surface area contributed by atoms with Gasteiger partial charge in [0.1, 0.15) is 11.5 Å². The fourth-order valence-electron chi connectivity index (χ4n) is 1.81. The van der Waals surface area contributed by atoms with Crippen LogP contribution in [0.3, 0.4) is 0 Å². The van der Waals surface area contributed by atoms with Gasteiger partial charge in [0, 0.05) is 0 Å². The highest BCUT2D eigenvalue weighted by molar-refractivity contribution is 7.92. The van der Waals surface area contributed by atoms with Crippen molar-refractivity contribution in [3.8, 4) is 11.5 Å². The van der Waals surface area contributed by atoms with E-state index in [1.54, 1.807) is 24.3 Å². The van der Waals surface area contributed by atoms with Crippen LogP contribution in [0.5, 0.6) is 11.5 Å². The summed E-state index contributed by atoms with van der Waals surface area (Å²) in [6, 6.07) is 10.8. The zero-order valence-electron chi connectivity index (χ0n) is 12.2. The molecule has 0 unspecified atom stereocenters. The zero-order valence-corrected chi connectivity index (χ0v) is 13.7. The number of sulfonamides is 1. The lowest BCUT2D eigenvalue weighted by Gasteiger charge is -2.11. The monoisotopic (exact) mass is 341 g/mol. The SMILES string of the molecule is CCOc1ccc(NS(=O)(=O)c2ccc(OC)cc2)cc1Cl. The smallest absolute Gasteiger partial charge is 0.261 e. The number of rotatable bonds is 6. The Balaban J connectivity index is 2.22. The van der Waals surface area contributed by atoms with E-state index < -0.39 is 10.0 Å². The molecule has 7 heteroatoms. The number of benzene rings is 2. The zero-order chi connectivity index (χ0) is 16.2. The van der Waals surface area contributed by atoms with E-state index in [4.69, 9.17) is 21.1 Å². The largest absolute Gasteiger partial charge is 0.497 e. The first-order valence-electron chi connectivity index (χ1n) is 6.55. The summed E-state index contributed by atoms with van der Waals surface area (Å²) in [5.74, 6) is 1.10. The molecule has 0 saturated carbocycles. The maximum atomic E-state index is 12.3. The minimum Gasteiger partial charge on any atom is -0.497 e. The first-order valence-corrected chi connectivity index (χ1v) is 8.41. The first kappa shape index (κ1) is 16.5. The lowest BCUT2D eigenvalue weighted by Crippen LogP contribution is -2.12. The third-order valence-electron chi connectivity index (χ3n) is 2.85. The predicted molar refractivity (Wildman–Crippen MR) is 86.4 cm³/mol. The molecule has 22 heavy (non-hydrogen) atoms. The Morgan fingerprint density at radius 2 is 1.82 bits per heavy atom. The van der Waals surface area contributed by atoms with E-state index in [2.05, 4.69) is 4.72 Å². The van der Waals surface area contributed by atoms with Crippen LogP contribution in [-0.2, 0) is 10.0 Å². The molecule has 0 radical (unpaired) electrons. The minimum absolute atomic E-state index is 0.137. The molecule has 0 saturated heterocycles. The number of nitrogens with one attached hydrogen (secondary N) is 1. The van der Waals surface area contributed by atoms with Gasteiger partial charge in [0.05, 0.1) is 29.3 Å². The van der Waals surface area contributed by atoms with Gasteiger partial charge >= 0.3 is 0 Å². The van der Waals surface area contributed by atoms with Crippen LogP contribution in [0.25, 0.3) is 0 Å². The van der Waals surface area contributed by atoms with Gasteiger partial charge in [-0.15, -0.1) is 0 Å². The molecule has 2 aromatic carbocycles. The van der Waals surface area contributed by atoms with Gasteiger partial charge in [-0.25, -0.2) is 8.42 Å². The van der Waals surface area contributed by atoms with Gasteiger partial charge in [-0.1, -0.05) is 11.6 Å². The second kappa shape index (κ2) is 6.89. The molecular formula is C15H16ClNO4S. The van der Waals surface area contributed by atoms with Crippen molar-refractivity contribution in [1.29, 1.82) is 0 Å². The van der Waals surface area contributed by atoms with Crippen LogP contribution in [-0.4, -0.2) is 22.1 Å². The number of hydrogen-bond donors (Lipinski definition) is 1. The molecule has 0 atom stereocenters. The van der Waals surface area contributed by atoms with Crippen LogP contribution in [0.2, 0.25) is 5.02 Å². The number of methoxy groups -OCH3 is 1. The van der Waals surface area contributed by atoms with E-state index in [-0.39, 0.29) is 4.90 Å². The molecule has 1 N–H and O–H groups in total. The first-order chi connectivity index (χ1) is 10.5. The van der Waals surface area contributed by atoms with E-state index in [0.717, 1.165) is 0 Å². The Kier molecular flexibility index (Phi) is 5.15. The van der Waals surface area contributed by atoms with Crippen LogP contribution in [0.1, 0.15) is 6.92 Å². The van der Waals surface area contributed by atoms with Crippen molar-refractivity contribution in [2.75, 3.05) is 18.4 Å². The molecule has 0 amide bonds. The minimum atomic E-state index is -3.69. The molecule has 0 fully saturated rings. The fourth-order valence-corrected chi connectivity index (χ4v) is 3.09. The van der Waals surface area contributed by atoms with Crippen molar-refractivity contribution < 1.29 is 17.9 Å². The van der Waals surface area contributed by atoms with Crippen molar-refractivity contribution in [1.82, 2.24) is 0 Å². The van der Waals surface area contributed by atoms with Gasteiger partial charge < -0.3 is 9.47 Å². The molecule has 0 spiro atoms. The number of hydrogen-bond acceptors (Lipinski definition) is 4. The second-order valence-corrected chi connectivity index (χ2v) is 6.45. The molecule has 0 aliphatic carbocycles. The normalized spacial score (nSPS) is 11.0. The summed E-state index contributed by atoms with van der Waals surface area (Å²) in [6.07, 6.45) is 0. The predicted octanol–water partition coefficient (Wildman–Crippen LogP) is 3.55. The lowest BCUT2D eigenvalue weighted by molar-refractivity contribution is 0.340. The Morgan fingerprint density at radius 1 is 1.14 bits per heavy atom. The Bertz CT molecular complexity index is 745. The number of anilines is 1. The number of ether oxygens (including phenoxy) is 2. The van der Waals surface area contributed by atoms with Crippen LogP contribution >= 0.6 is 11.6 Å². The summed E-state index contributed by atoms with van der Waals surface area (Å²) in [5.41, 5.74) is 0.365. The Labute approximate surface area is 134 Å². The highest BCUT2D eigenvalue weighted by Gasteiger charge is 2.15. The molecule has 0 aromatic heterocycles. The Hall–Kier alpha value is -1.92. The van der Waals surface area contributed by atoms with Gasteiger partial charge in [-0.2, -0.15) is 0 Å². The molecule has 0 aliphatic rings. The summed E-state index contributed by atoms with van der Waals surface area (Å²) in [4.78, 5) is 0.137. The van der Waals surface area contributed by atoms with Crippen molar-refractivity contribution in [3.05, 3.63) is 47.5 Å². The summed E-state index contributed by atoms with van der Waals surface area (Å²) in [5, 5.41) is 0.344. The lowest BCUT2D eigenvalue weighted by atomic mass is 10.3. The van der Waals surface area contributed by atoms with Crippen LogP contribution in [0.4, 0.5) is 5.69 Å². The summed E-state index contributed by atoms with van der Waals surface area (Å²) in [6.45, 7) is 2.33. The maximum Gasteiger partial charge on any atom is 0.261 e. The summed E-state index contributed by atoms with van der Waals surface area (Å²) in [7, 11) is -2.17. The van der Waals surface area contributed by atoms with Gasteiger partial charge in [-0.05, 0) is 49.4 Å². The second-order valence-electron chi connectivity index (χ2n) is 4.36. The molecule has 5 nitrogen and oxygen atoms in total. The molecule has 118 valence electrons. The van der Waals surface area contributed by atoms with Gasteiger partial charge in [0.15, 0.2) is 0 Å². The third-order valence-corrected chi connectivity index (χ3v) is 4.55. The van der Waals surface area contributed by atoms with Gasteiger partial charge in [0.25, 0.3) is 10.0 Å². The topological polar surface area (TPSA) is 64.6 Å². The van der Waals surface area contributed by atoms with E-state index in [0.29, 0.717) is 28.8 Å². The average molecular weight is 342 g/mol. The van der Waals surface area contributed by atoms with E-state index in [1.165, 1.54) is 25.3 Å². The van der Waals surface area contributed by atoms with E-state index >= 15 is 0 Å². The molecule has 2 aromatic rings. The van der Waals surface area contributed by atoms with Crippen LogP contribution in [0, 0.1) is 0 Å². The quantitative estimate of drug-likeness (QED) is 0.872. The Morgan fingerprint density at radius 3 is 2.36 bits per heavy atom. The van der Waals surface area contributed by atoms with E-state index in [1.807, 2.05) is 6.92 Å². The molecule has 0 aliphatic heterocycles. The van der Waals surface area contributed by atoms with Crippen molar-refractivity contribution >= 4 is 27.3 Å². The standard InChI is InChI=1S/C15H16ClNO4S/c1-3-21-15-9-4-11(10-14(15)16)17-22(18,19)13-7-5-12(20-2)6-8-13/h4-10,17H,3H2,1-2H3. The molecular weight excluding hydrogens is 326 g/mol. The van der Waals surface area contributed by atoms with E-state index in [9.17, 15) is 8.42 Å². The highest BCUT2D eigenvalue weighted by Crippen LogP contribution is 2.29. The van der Waals surface area contributed by atoms with Crippen LogP contribution < -0.4 is 14.2 Å². The summed E-state index contributed by atoms with van der Waals surface area (Å²) < 4.78 is 37.4. The molecule has 0 heterocycles.